The summed E-state index contributed by atoms with van der Waals surface area (Å²) in [6, 6.07) is 6.71. The minimum atomic E-state index is -1.15. The Morgan fingerprint density at radius 1 is 1.05 bits per heavy atom. The second kappa shape index (κ2) is 13.5. The van der Waals surface area contributed by atoms with Crippen LogP contribution < -0.4 is 16.0 Å². The van der Waals surface area contributed by atoms with E-state index < -0.39 is 17.2 Å². The molecule has 0 aromatic heterocycles. The monoisotopic (exact) mass is 528 g/mol. The first-order valence-electron chi connectivity index (χ1n) is 13.6. The van der Waals surface area contributed by atoms with Crippen LogP contribution in [0.1, 0.15) is 70.8 Å². The largest absolute Gasteiger partial charge is 0.392 e. The van der Waals surface area contributed by atoms with Crippen LogP contribution in [0.2, 0.25) is 0 Å². The molecule has 10 nitrogen and oxygen atoms in total. The molecule has 2 fully saturated rings. The Kier molecular flexibility index (Phi) is 10.4. The fourth-order valence-corrected chi connectivity index (χ4v) is 4.93. The summed E-state index contributed by atoms with van der Waals surface area (Å²) in [5.41, 5.74) is 0.121. The van der Waals surface area contributed by atoms with Crippen molar-refractivity contribution in [1.82, 2.24) is 15.5 Å². The first-order chi connectivity index (χ1) is 18.2. The van der Waals surface area contributed by atoms with Crippen molar-refractivity contribution in [3.05, 3.63) is 29.8 Å². The van der Waals surface area contributed by atoms with Crippen molar-refractivity contribution >= 4 is 35.2 Å². The highest BCUT2D eigenvalue weighted by molar-refractivity contribution is 6.07. The molecule has 1 aliphatic heterocycles. The van der Waals surface area contributed by atoms with Gasteiger partial charge in [-0.05, 0) is 55.7 Å². The molecule has 1 aromatic rings. The summed E-state index contributed by atoms with van der Waals surface area (Å²) in [7, 11) is 0. The van der Waals surface area contributed by atoms with E-state index in [1.54, 1.807) is 24.3 Å². The van der Waals surface area contributed by atoms with E-state index in [1.165, 1.54) is 4.90 Å². The maximum atomic E-state index is 12.9. The van der Waals surface area contributed by atoms with Gasteiger partial charge in [-0.25, -0.2) is 0 Å². The molecule has 5 amide bonds. The van der Waals surface area contributed by atoms with Gasteiger partial charge in [0.25, 0.3) is 0 Å². The number of anilines is 1. The number of imide groups is 1. The minimum absolute atomic E-state index is 0.0659. The highest BCUT2D eigenvalue weighted by Crippen LogP contribution is 2.41. The Hall–Kier alpha value is -3.27. The first kappa shape index (κ1) is 29.3. The fourth-order valence-electron chi connectivity index (χ4n) is 4.93. The molecule has 0 radical (unpaired) electrons. The van der Waals surface area contributed by atoms with Crippen molar-refractivity contribution in [2.75, 3.05) is 25.0 Å². The number of carbonyl (C=O) groups is 5. The summed E-state index contributed by atoms with van der Waals surface area (Å²) in [6.07, 6.45) is 4.88. The average Bonchev–Trinajstić information content (AvgIpc) is 3.17. The van der Waals surface area contributed by atoms with Crippen LogP contribution in [0, 0.1) is 17.3 Å². The van der Waals surface area contributed by atoms with Gasteiger partial charge in [0.1, 0.15) is 5.41 Å². The third kappa shape index (κ3) is 6.98. The predicted octanol–water partition coefficient (Wildman–Crippen LogP) is 2.11. The molecule has 2 unspecified atom stereocenters. The molecule has 1 heterocycles. The Labute approximate surface area is 223 Å². The molecule has 2 atom stereocenters. The van der Waals surface area contributed by atoms with E-state index >= 15 is 0 Å². The highest BCUT2D eigenvalue weighted by atomic mass is 16.3. The Bertz CT molecular complexity index is 1020. The second-order valence-electron chi connectivity index (χ2n) is 10.4. The molecule has 10 heteroatoms. The van der Waals surface area contributed by atoms with Crippen LogP contribution in [0.25, 0.3) is 0 Å². The summed E-state index contributed by atoms with van der Waals surface area (Å²) in [5.74, 6) is -1.36. The van der Waals surface area contributed by atoms with Crippen LogP contribution in [-0.4, -0.2) is 59.2 Å². The Morgan fingerprint density at radius 3 is 2.34 bits per heavy atom. The van der Waals surface area contributed by atoms with Crippen molar-refractivity contribution in [2.45, 2.75) is 71.8 Å². The normalized spacial score (nSPS) is 19.0. The van der Waals surface area contributed by atoms with Crippen LogP contribution in [0.15, 0.2) is 24.3 Å². The zero-order valence-corrected chi connectivity index (χ0v) is 22.4. The number of benzene rings is 1. The zero-order valence-electron chi connectivity index (χ0n) is 22.4. The summed E-state index contributed by atoms with van der Waals surface area (Å²) in [4.78, 5) is 64.0. The zero-order chi connectivity index (χ0) is 27.7. The van der Waals surface area contributed by atoms with Gasteiger partial charge in [-0.2, -0.15) is 0 Å². The lowest BCUT2D eigenvalue weighted by Gasteiger charge is -2.38. The fraction of sp³-hybridized carbons (Fsp3) is 0.607. The van der Waals surface area contributed by atoms with Gasteiger partial charge >= 0.3 is 0 Å². The lowest BCUT2D eigenvalue weighted by atomic mass is 9.67. The van der Waals surface area contributed by atoms with Crippen molar-refractivity contribution in [1.29, 1.82) is 0 Å². The van der Waals surface area contributed by atoms with Crippen LogP contribution in [-0.2, 0) is 30.6 Å². The number of nitrogens with one attached hydrogen (secondary N) is 3. The molecule has 1 saturated heterocycles. The van der Waals surface area contributed by atoms with E-state index in [2.05, 4.69) is 16.0 Å². The van der Waals surface area contributed by atoms with Crippen molar-refractivity contribution < 1.29 is 29.1 Å². The lowest BCUT2D eigenvalue weighted by molar-refractivity contribution is -0.150. The van der Waals surface area contributed by atoms with Crippen LogP contribution in [0.5, 0.6) is 0 Å². The standard InChI is InChI=1S/C28H40N4O6/c1-3-19(2)22-16-24(35)32(25(22)36)15-6-4-5-14-29-26(37)28(12-7-13-28)27(38)30-17-23(34)31-21-10-8-20(18-33)9-11-21/h8-11,19,22,33H,3-7,12-18H2,1-2H3,(H,29,37)(H,30,38)(H,31,34). The molecular weight excluding hydrogens is 488 g/mol. The topological polar surface area (TPSA) is 145 Å². The Morgan fingerprint density at radius 2 is 1.74 bits per heavy atom. The third-order valence-electron chi connectivity index (χ3n) is 7.86. The number of carbonyl (C=O) groups excluding carboxylic acids is 5. The molecule has 1 saturated carbocycles. The number of likely N-dealkylation sites (tertiary alicyclic amines) is 1. The van der Waals surface area contributed by atoms with Gasteiger partial charge < -0.3 is 21.1 Å². The molecule has 208 valence electrons. The summed E-state index contributed by atoms with van der Waals surface area (Å²) in [5, 5.41) is 17.2. The van der Waals surface area contributed by atoms with E-state index in [-0.39, 0.29) is 42.7 Å². The van der Waals surface area contributed by atoms with Gasteiger partial charge in [0.15, 0.2) is 0 Å². The quantitative estimate of drug-likeness (QED) is 0.165. The van der Waals surface area contributed by atoms with Crippen molar-refractivity contribution in [3.63, 3.8) is 0 Å². The number of hydrogen-bond acceptors (Lipinski definition) is 6. The average molecular weight is 529 g/mol. The smallest absolute Gasteiger partial charge is 0.243 e. The lowest BCUT2D eigenvalue weighted by Crippen LogP contribution is -2.56. The van der Waals surface area contributed by atoms with Crippen molar-refractivity contribution in [3.8, 4) is 0 Å². The minimum Gasteiger partial charge on any atom is -0.392 e. The molecule has 1 aromatic carbocycles. The molecule has 1 aliphatic carbocycles. The Balaban J connectivity index is 1.35. The van der Waals surface area contributed by atoms with Gasteiger partial charge in [0, 0.05) is 31.1 Å². The van der Waals surface area contributed by atoms with E-state index in [1.807, 2.05) is 13.8 Å². The summed E-state index contributed by atoms with van der Waals surface area (Å²) >= 11 is 0. The number of aliphatic hydroxyl groups excluding tert-OH is 1. The highest BCUT2D eigenvalue weighted by Gasteiger charge is 2.50. The number of hydrogen-bond donors (Lipinski definition) is 4. The van der Waals surface area contributed by atoms with E-state index in [4.69, 9.17) is 5.11 Å². The van der Waals surface area contributed by atoms with Crippen LogP contribution in [0.3, 0.4) is 0 Å². The molecule has 38 heavy (non-hydrogen) atoms. The predicted molar refractivity (Wildman–Crippen MR) is 141 cm³/mol. The van der Waals surface area contributed by atoms with Crippen LogP contribution >= 0.6 is 0 Å². The van der Waals surface area contributed by atoms with E-state index in [0.29, 0.717) is 50.9 Å². The van der Waals surface area contributed by atoms with Gasteiger partial charge in [0.05, 0.1) is 13.2 Å². The molecular formula is C28H40N4O6. The van der Waals surface area contributed by atoms with Crippen molar-refractivity contribution in [2.24, 2.45) is 17.3 Å². The van der Waals surface area contributed by atoms with Gasteiger partial charge in [0.2, 0.25) is 29.5 Å². The van der Waals surface area contributed by atoms with Gasteiger partial charge in [-0.1, -0.05) is 38.8 Å². The maximum Gasteiger partial charge on any atom is 0.243 e. The molecule has 3 rings (SSSR count). The molecule has 4 N–H and O–H groups in total. The first-order valence-corrected chi connectivity index (χ1v) is 13.6. The molecule has 0 spiro atoms. The molecule has 0 bridgehead atoms. The summed E-state index contributed by atoms with van der Waals surface area (Å²) in [6.45, 7) is 4.49. The number of nitrogens with zero attached hydrogens (tertiary/aromatic N) is 1. The SMILES string of the molecule is CCC(C)C1CC(=O)N(CCCCCNC(=O)C2(C(=O)NCC(=O)Nc3ccc(CO)cc3)CCC2)C1=O. The number of aliphatic hydroxyl groups is 1. The number of amides is 5. The van der Waals surface area contributed by atoms with Gasteiger partial charge in [-0.15, -0.1) is 0 Å². The summed E-state index contributed by atoms with van der Waals surface area (Å²) < 4.78 is 0. The van der Waals surface area contributed by atoms with E-state index in [9.17, 15) is 24.0 Å². The second-order valence-corrected chi connectivity index (χ2v) is 10.4. The molecule has 2 aliphatic rings. The van der Waals surface area contributed by atoms with Crippen LogP contribution in [0.4, 0.5) is 5.69 Å². The number of rotatable bonds is 14. The maximum absolute atomic E-state index is 12.9. The third-order valence-corrected chi connectivity index (χ3v) is 7.86. The van der Waals surface area contributed by atoms with E-state index in [0.717, 1.165) is 24.8 Å². The van der Waals surface area contributed by atoms with Gasteiger partial charge in [-0.3, -0.25) is 28.9 Å². The number of unbranched alkanes of at least 4 members (excludes halogenated alkanes) is 2.